The summed E-state index contributed by atoms with van der Waals surface area (Å²) in [4.78, 5) is 13.3. The van der Waals surface area contributed by atoms with E-state index in [2.05, 4.69) is 14.6 Å². The third kappa shape index (κ3) is 8.46. The second kappa shape index (κ2) is 9.86. The minimum atomic E-state index is -3.39. The van der Waals surface area contributed by atoms with Gasteiger partial charge in [0.15, 0.2) is 0 Å². The molecule has 1 heterocycles. The summed E-state index contributed by atoms with van der Waals surface area (Å²) in [5.74, 6) is 0. The molecule has 7 nitrogen and oxygen atoms in total. The van der Waals surface area contributed by atoms with Crippen molar-refractivity contribution in [1.82, 2.24) is 23.9 Å². The minimum absolute atomic E-state index is 0.303. The fourth-order valence-electron chi connectivity index (χ4n) is 1.34. The summed E-state index contributed by atoms with van der Waals surface area (Å²) < 4.78 is 11.1. The van der Waals surface area contributed by atoms with E-state index in [9.17, 15) is 0 Å². The summed E-state index contributed by atoms with van der Waals surface area (Å²) in [6, 6.07) is 0. The number of halogens is 8. The monoisotopic (exact) mass is 587 g/mol. The SMILES string of the molecule is CN(C)[P-]1(Cl)[N+][P-](Cl)(OCC(Cl)(Cl)Cl)[N+][P-](OCC(Cl)(Cl)Cl)(N(C)C)[N+]1. The molecule has 0 bridgehead atoms. The first-order valence-corrected chi connectivity index (χ1v) is 15.4. The van der Waals surface area contributed by atoms with Crippen molar-refractivity contribution in [3.8, 4) is 0 Å². The topological polar surface area (TPSA) is 67.2 Å². The average Bonchev–Trinajstić information content (AvgIpc) is 2.41. The van der Waals surface area contributed by atoms with Gasteiger partial charge in [-0.2, -0.15) is 0 Å². The Bertz CT molecular complexity index is 499. The molecule has 0 saturated carbocycles. The first-order valence-electron chi connectivity index (χ1n) is 6.51. The molecule has 0 aromatic heterocycles. The zero-order valence-electron chi connectivity index (χ0n) is 13.8. The molecular formula is C8H16Cl8N5O2P3. The maximum absolute atomic E-state index is 6.65. The molecule has 156 valence electrons. The van der Waals surface area contributed by atoms with Crippen molar-refractivity contribution in [3.63, 3.8) is 0 Å². The van der Waals surface area contributed by atoms with E-state index >= 15 is 0 Å². The van der Waals surface area contributed by atoms with Gasteiger partial charge in [0.05, 0.1) is 0 Å². The van der Waals surface area contributed by atoms with E-state index < -0.39 is 29.7 Å². The van der Waals surface area contributed by atoms with Crippen molar-refractivity contribution < 1.29 is 9.05 Å². The number of hydrogen-bond donors (Lipinski definition) is 0. The van der Waals surface area contributed by atoms with Gasteiger partial charge >= 0.3 is 196 Å². The number of hydrogen-bond acceptors (Lipinski definition) is 4. The van der Waals surface area contributed by atoms with Crippen LogP contribution in [-0.4, -0.2) is 58.3 Å². The Morgan fingerprint density at radius 1 is 0.731 bits per heavy atom. The molecule has 18 heteroatoms. The predicted molar refractivity (Wildman–Crippen MR) is 119 cm³/mol. The Labute approximate surface area is 195 Å². The quantitative estimate of drug-likeness (QED) is 0.272. The Balaban J connectivity index is 3.22. The van der Waals surface area contributed by atoms with E-state index in [0.717, 1.165) is 0 Å². The van der Waals surface area contributed by atoms with Crippen molar-refractivity contribution in [2.45, 2.75) is 7.59 Å². The fourth-order valence-corrected chi connectivity index (χ4v) is 15.0. The van der Waals surface area contributed by atoms with Crippen LogP contribution in [0.3, 0.4) is 0 Å². The van der Waals surface area contributed by atoms with Crippen molar-refractivity contribution in [1.29, 1.82) is 0 Å². The molecule has 1 saturated heterocycles. The summed E-state index contributed by atoms with van der Waals surface area (Å²) in [6.07, 6.45) is 0. The van der Waals surface area contributed by atoms with E-state index in [0.29, 0.717) is 0 Å². The van der Waals surface area contributed by atoms with Gasteiger partial charge in [0, 0.05) is 0 Å². The van der Waals surface area contributed by atoms with Gasteiger partial charge in [0.1, 0.15) is 0 Å². The van der Waals surface area contributed by atoms with E-state index in [1.165, 1.54) is 0 Å². The second-order valence-electron chi connectivity index (χ2n) is 5.22. The molecule has 0 spiro atoms. The molecule has 0 amide bonds. The van der Waals surface area contributed by atoms with Crippen LogP contribution in [0.5, 0.6) is 0 Å². The summed E-state index contributed by atoms with van der Waals surface area (Å²) in [6.45, 7) is -0.660. The molecule has 1 rings (SSSR count). The van der Waals surface area contributed by atoms with Crippen LogP contribution in [0.2, 0.25) is 0 Å². The van der Waals surface area contributed by atoms with Gasteiger partial charge in [-0.25, -0.2) is 0 Å². The standard InChI is InChI=1S/C8H16Cl8N5O2P3/c1-20(2)24(15)17-25(16,22-5-7(9,10)11)19-26(18-24,21(3)4)23-6-8(12,13)14/h5-6H2,1-4H3. The van der Waals surface area contributed by atoms with E-state index in [-0.39, 0.29) is 13.2 Å². The van der Waals surface area contributed by atoms with Crippen molar-refractivity contribution in [2.75, 3.05) is 41.4 Å². The Hall–Kier alpha value is 3.33. The molecule has 0 aromatic carbocycles. The summed E-state index contributed by atoms with van der Waals surface area (Å²) in [5.41, 5.74) is 0. The Morgan fingerprint density at radius 3 is 1.58 bits per heavy atom. The van der Waals surface area contributed by atoms with E-state index in [1.54, 1.807) is 37.5 Å². The van der Waals surface area contributed by atoms with E-state index in [4.69, 9.17) is 101 Å². The zero-order valence-corrected chi connectivity index (χ0v) is 22.6. The van der Waals surface area contributed by atoms with Crippen LogP contribution in [0, 0.1) is 0 Å². The predicted octanol–water partition coefficient (Wildman–Crippen LogP) is 6.22. The number of rotatable bonds is 6. The van der Waals surface area contributed by atoms with Gasteiger partial charge in [-0.15, -0.1) is 0 Å². The molecule has 1 aliphatic rings. The van der Waals surface area contributed by atoms with Crippen LogP contribution < -0.4 is 14.6 Å². The second-order valence-corrected chi connectivity index (χ2v) is 20.2. The van der Waals surface area contributed by atoms with Crippen LogP contribution in [-0.2, 0) is 9.05 Å². The molecule has 1 fully saturated rings. The van der Waals surface area contributed by atoms with Gasteiger partial charge in [-0.1, -0.05) is 0 Å². The maximum atomic E-state index is 6.65. The third-order valence-corrected chi connectivity index (χ3v) is 15.2. The Morgan fingerprint density at radius 2 is 1.19 bits per heavy atom. The normalized spacial score (nSPS) is 41.3. The number of nitrogens with zero attached hydrogens (tertiary/aromatic N) is 5. The van der Waals surface area contributed by atoms with Crippen LogP contribution >= 0.6 is 114 Å². The van der Waals surface area contributed by atoms with E-state index in [1.807, 2.05) is 0 Å². The van der Waals surface area contributed by atoms with Gasteiger partial charge in [-0.3, -0.25) is 0 Å². The average molecular weight is 591 g/mol. The molecule has 1 aliphatic heterocycles. The van der Waals surface area contributed by atoms with Crippen molar-refractivity contribution in [2.24, 2.45) is 0 Å². The summed E-state index contributed by atoms with van der Waals surface area (Å²) in [7, 11) is -2.83. The van der Waals surface area contributed by atoms with Crippen LogP contribution in [0.25, 0.3) is 0 Å². The molecule has 6 radical (unpaired) electrons. The van der Waals surface area contributed by atoms with Crippen LogP contribution in [0.4, 0.5) is 0 Å². The van der Waals surface area contributed by atoms with Gasteiger partial charge in [0.2, 0.25) is 0 Å². The molecule has 3 atom stereocenters. The summed E-state index contributed by atoms with van der Waals surface area (Å²) >= 11 is 47.8. The number of alkyl halides is 6. The van der Waals surface area contributed by atoms with Crippen LogP contribution in [0.15, 0.2) is 0 Å². The first kappa shape index (κ1) is 27.4. The molecule has 0 aromatic rings. The van der Waals surface area contributed by atoms with Gasteiger partial charge < -0.3 is 0 Å². The van der Waals surface area contributed by atoms with Gasteiger partial charge in [0.25, 0.3) is 0 Å². The fraction of sp³-hybridized carbons (Fsp3) is 1.00. The van der Waals surface area contributed by atoms with Crippen molar-refractivity contribution in [3.05, 3.63) is 0 Å². The summed E-state index contributed by atoms with van der Waals surface area (Å²) in [5, 5.41) is 0. The van der Waals surface area contributed by atoms with Gasteiger partial charge in [-0.05, 0) is 0 Å². The molecule has 0 N–H and O–H groups in total. The molecule has 26 heavy (non-hydrogen) atoms. The molecule has 0 aliphatic carbocycles. The molecule has 3 unspecified atom stereocenters. The Kier molecular flexibility index (Phi) is 10.4. The van der Waals surface area contributed by atoms with Crippen LogP contribution in [0.1, 0.15) is 0 Å². The first-order chi connectivity index (χ1) is 11.4. The zero-order chi connectivity index (χ0) is 20.6. The van der Waals surface area contributed by atoms with Crippen molar-refractivity contribution >= 4 is 114 Å². The molecular weight excluding hydrogens is 575 g/mol. The third-order valence-electron chi connectivity index (χ3n) is 2.51.